The van der Waals surface area contributed by atoms with E-state index in [4.69, 9.17) is 5.11 Å². The van der Waals surface area contributed by atoms with Gasteiger partial charge in [-0.25, -0.2) is 4.79 Å². The summed E-state index contributed by atoms with van der Waals surface area (Å²) in [6.45, 7) is 0. The van der Waals surface area contributed by atoms with E-state index in [-0.39, 0.29) is 0 Å². The minimum Gasteiger partial charge on any atom is -0.478 e. The van der Waals surface area contributed by atoms with Gasteiger partial charge in [0.15, 0.2) is 0 Å². The molecule has 0 aliphatic heterocycles. The van der Waals surface area contributed by atoms with Crippen LogP contribution in [0.2, 0.25) is 0 Å². The van der Waals surface area contributed by atoms with Crippen LogP contribution in [0.1, 0.15) is 6.42 Å². The van der Waals surface area contributed by atoms with Crippen LogP contribution < -0.4 is 0 Å². The summed E-state index contributed by atoms with van der Waals surface area (Å²) in [5, 5.41) is 8.40. The van der Waals surface area contributed by atoms with Gasteiger partial charge >= 0.3 is 5.97 Å². The fraction of sp³-hybridized carbons (Fsp3) is 0.143. The van der Waals surface area contributed by atoms with Crippen LogP contribution in [0.15, 0.2) is 23.8 Å². The molecule has 0 aromatic rings. The van der Waals surface area contributed by atoms with Gasteiger partial charge in [-0.1, -0.05) is 18.2 Å². The Kier molecular flexibility index (Phi) is 1.68. The quantitative estimate of drug-likeness (QED) is 0.568. The molecule has 0 saturated carbocycles. The Morgan fingerprint density at radius 1 is 1.67 bits per heavy atom. The van der Waals surface area contributed by atoms with Crippen molar-refractivity contribution >= 4 is 5.97 Å². The number of aliphatic carboxylic acids is 1. The van der Waals surface area contributed by atoms with Crippen LogP contribution in [-0.4, -0.2) is 11.1 Å². The maximum absolute atomic E-state index is 10.2. The van der Waals surface area contributed by atoms with Crippen LogP contribution >= 0.6 is 0 Å². The second-order valence-corrected chi connectivity index (χ2v) is 1.80. The van der Waals surface area contributed by atoms with Crippen molar-refractivity contribution in [3.63, 3.8) is 0 Å². The number of carbonyl (C=O) groups is 1. The molecule has 2 nitrogen and oxygen atoms in total. The molecule has 0 heterocycles. The molecule has 0 atom stereocenters. The second-order valence-electron chi connectivity index (χ2n) is 1.80. The number of hydrogen-bond donors (Lipinski definition) is 1. The van der Waals surface area contributed by atoms with Gasteiger partial charge in [-0.15, -0.1) is 0 Å². The molecular formula is C7H7O2. The summed E-state index contributed by atoms with van der Waals surface area (Å²) < 4.78 is 0. The van der Waals surface area contributed by atoms with Gasteiger partial charge < -0.3 is 5.11 Å². The summed E-state index contributed by atoms with van der Waals surface area (Å²) in [5.74, 6) is -0.859. The highest BCUT2D eigenvalue weighted by molar-refractivity contribution is 5.90. The van der Waals surface area contributed by atoms with E-state index in [1.165, 1.54) is 0 Å². The lowest BCUT2D eigenvalue weighted by Crippen LogP contribution is -1.99. The fourth-order valence-electron chi connectivity index (χ4n) is 0.667. The third-order valence-electron chi connectivity index (χ3n) is 1.11. The molecule has 0 aromatic carbocycles. The molecule has 1 aliphatic carbocycles. The molecule has 0 spiro atoms. The lowest BCUT2D eigenvalue weighted by atomic mass is 10.1. The van der Waals surface area contributed by atoms with Crippen molar-refractivity contribution in [3.8, 4) is 0 Å². The predicted molar refractivity (Wildman–Crippen MR) is 33.8 cm³/mol. The van der Waals surface area contributed by atoms with Crippen LogP contribution in [0.3, 0.4) is 0 Å². The second kappa shape index (κ2) is 2.49. The van der Waals surface area contributed by atoms with Crippen LogP contribution in [0.4, 0.5) is 0 Å². The number of allylic oxidation sites excluding steroid dienone is 2. The monoisotopic (exact) mass is 123 g/mol. The first kappa shape index (κ1) is 6.08. The summed E-state index contributed by atoms with van der Waals surface area (Å²) >= 11 is 0. The van der Waals surface area contributed by atoms with E-state index in [0.29, 0.717) is 5.57 Å². The summed E-state index contributed by atoms with van der Waals surface area (Å²) in [7, 11) is 0. The van der Waals surface area contributed by atoms with Gasteiger partial charge in [0.25, 0.3) is 0 Å². The molecule has 1 N–H and O–H groups in total. The number of hydrogen-bond acceptors (Lipinski definition) is 1. The summed E-state index contributed by atoms with van der Waals surface area (Å²) in [6, 6.07) is 0. The minimum absolute atomic E-state index is 0.362. The molecular weight excluding hydrogens is 116 g/mol. The molecule has 0 bridgehead atoms. The van der Waals surface area contributed by atoms with Crippen LogP contribution in [0.5, 0.6) is 0 Å². The van der Waals surface area contributed by atoms with Crippen molar-refractivity contribution in [2.45, 2.75) is 6.42 Å². The van der Waals surface area contributed by atoms with E-state index < -0.39 is 5.97 Å². The zero-order valence-corrected chi connectivity index (χ0v) is 4.87. The first-order valence-corrected chi connectivity index (χ1v) is 2.74. The van der Waals surface area contributed by atoms with Gasteiger partial charge in [0, 0.05) is 0 Å². The first-order valence-electron chi connectivity index (χ1n) is 2.74. The van der Waals surface area contributed by atoms with Crippen LogP contribution in [-0.2, 0) is 4.79 Å². The van der Waals surface area contributed by atoms with Crippen molar-refractivity contribution < 1.29 is 9.90 Å². The molecule has 0 aromatic heterocycles. The Bertz CT molecular complexity index is 177. The molecule has 9 heavy (non-hydrogen) atoms. The largest absolute Gasteiger partial charge is 0.478 e. The molecule has 1 rings (SSSR count). The molecule has 1 aliphatic rings. The van der Waals surface area contributed by atoms with Gasteiger partial charge in [0.2, 0.25) is 0 Å². The van der Waals surface area contributed by atoms with Gasteiger partial charge in [-0.2, -0.15) is 0 Å². The Hall–Kier alpha value is -1.05. The van der Waals surface area contributed by atoms with E-state index in [2.05, 4.69) is 0 Å². The Morgan fingerprint density at radius 3 is 2.78 bits per heavy atom. The van der Waals surface area contributed by atoms with Gasteiger partial charge in [0.05, 0.1) is 5.57 Å². The van der Waals surface area contributed by atoms with Crippen molar-refractivity contribution in [2.24, 2.45) is 0 Å². The lowest BCUT2D eigenvalue weighted by Gasteiger charge is -1.98. The fourth-order valence-corrected chi connectivity index (χ4v) is 0.667. The molecule has 2 heteroatoms. The third-order valence-corrected chi connectivity index (χ3v) is 1.11. The SMILES string of the molecule is O=C(O)C1=C[CH]CC=C1. The number of rotatable bonds is 1. The molecule has 1 radical (unpaired) electrons. The first-order chi connectivity index (χ1) is 4.30. The average Bonchev–Trinajstić information content (AvgIpc) is 1.90. The summed E-state index contributed by atoms with van der Waals surface area (Å²) in [4.78, 5) is 10.2. The van der Waals surface area contributed by atoms with E-state index in [0.717, 1.165) is 6.42 Å². The Labute approximate surface area is 53.5 Å². The zero-order valence-electron chi connectivity index (χ0n) is 4.87. The van der Waals surface area contributed by atoms with Gasteiger partial charge in [0.1, 0.15) is 0 Å². The highest BCUT2D eigenvalue weighted by atomic mass is 16.4. The molecule has 0 fully saturated rings. The summed E-state index contributed by atoms with van der Waals surface area (Å²) in [5.41, 5.74) is 0.362. The molecule has 0 unspecified atom stereocenters. The van der Waals surface area contributed by atoms with E-state index >= 15 is 0 Å². The molecule has 47 valence electrons. The van der Waals surface area contributed by atoms with Gasteiger partial charge in [-0.05, 0) is 12.8 Å². The van der Waals surface area contributed by atoms with E-state index in [9.17, 15) is 4.79 Å². The van der Waals surface area contributed by atoms with Crippen molar-refractivity contribution in [2.75, 3.05) is 0 Å². The van der Waals surface area contributed by atoms with E-state index in [1.807, 2.05) is 12.5 Å². The standard InChI is InChI=1S/C7H7O2/c8-7(9)6-4-2-1-3-5-6/h2-5H,1H2,(H,8,9). The van der Waals surface area contributed by atoms with Crippen molar-refractivity contribution in [1.82, 2.24) is 0 Å². The average molecular weight is 123 g/mol. The lowest BCUT2D eigenvalue weighted by molar-refractivity contribution is -0.132. The maximum atomic E-state index is 10.2. The number of carboxylic acid groups (broad SMARTS) is 1. The topological polar surface area (TPSA) is 37.3 Å². The van der Waals surface area contributed by atoms with Crippen LogP contribution in [0.25, 0.3) is 0 Å². The van der Waals surface area contributed by atoms with Gasteiger partial charge in [-0.3, -0.25) is 0 Å². The zero-order chi connectivity index (χ0) is 6.69. The van der Waals surface area contributed by atoms with Crippen molar-refractivity contribution in [3.05, 3.63) is 30.2 Å². The Balaban J connectivity index is 2.69. The highest BCUT2D eigenvalue weighted by Crippen LogP contribution is 2.07. The Morgan fingerprint density at radius 2 is 2.44 bits per heavy atom. The van der Waals surface area contributed by atoms with E-state index in [1.54, 1.807) is 12.2 Å². The highest BCUT2D eigenvalue weighted by Gasteiger charge is 2.03. The summed E-state index contributed by atoms with van der Waals surface area (Å²) in [6.07, 6.45) is 7.72. The van der Waals surface area contributed by atoms with Crippen LogP contribution in [0, 0.1) is 6.42 Å². The normalized spacial score (nSPS) is 17.1. The van der Waals surface area contributed by atoms with Crippen molar-refractivity contribution in [1.29, 1.82) is 0 Å². The smallest absolute Gasteiger partial charge is 0.335 e. The predicted octanol–water partition coefficient (Wildman–Crippen LogP) is 1.16. The number of carboxylic acids is 1. The molecule has 0 amide bonds. The third kappa shape index (κ3) is 1.42. The minimum atomic E-state index is -0.859. The molecule has 0 saturated heterocycles. The maximum Gasteiger partial charge on any atom is 0.335 e.